The molecule has 6 heterocycles. The predicted molar refractivity (Wildman–Crippen MR) is 260 cm³/mol. The van der Waals surface area contributed by atoms with Crippen molar-refractivity contribution in [1.29, 1.82) is 0 Å². The number of aromatic nitrogens is 2. The van der Waals surface area contributed by atoms with Gasteiger partial charge in [-0.1, -0.05) is 97.8 Å². The molecule has 0 spiro atoms. The Morgan fingerprint density at radius 2 is 1.45 bits per heavy atom. The summed E-state index contributed by atoms with van der Waals surface area (Å²) in [5.74, 6) is -3.11. The summed E-state index contributed by atoms with van der Waals surface area (Å²) in [7, 11) is 3.25. The maximum Gasteiger partial charge on any atom is 0.407 e. The van der Waals surface area contributed by atoms with Gasteiger partial charge < -0.3 is 58.0 Å². The van der Waals surface area contributed by atoms with Crippen LogP contribution in [0.2, 0.25) is 0 Å². The molecule has 0 aromatic carbocycles. The Bertz CT molecular complexity index is 2000. The lowest BCUT2D eigenvalue weighted by Gasteiger charge is -2.39. The summed E-state index contributed by atoms with van der Waals surface area (Å²) in [6.07, 6.45) is 7.06. The van der Waals surface area contributed by atoms with Gasteiger partial charge in [-0.05, 0) is 60.9 Å². The summed E-state index contributed by atoms with van der Waals surface area (Å²) >= 11 is 0. The third kappa shape index (κ3) is 14.4. The van der Waals surface area contributed by atoms with E-state index in [1.54, 1.807) is 53.6 Å². The van der Waals surface area contributed by atoms with Crippen LogP contribution in [0.25, 0.3) is 0 Å². The van der Waals surface area contributed by atoms with E-state index in [4.69, 9.17) is 42.6 Å². The van der Waals surface area contributed by atoms with Gasteiger partial charge in [-0.25, -0.2) is 9.59 Å². The first kappa shape index (κ1) is 56.8. The van der Waals surface area contributed by atoms with Crippen molar-refractivity contribution in [1.82, 2.24) is 24.7 Å². The number of unbranched alkanes of at least 4 members (excludes halogenated alkanes) is 12. The van der Waals surface area contributed by atoms with Gasteiger partial charge in [0.1, 0.15) is 60.5 Å². The van der Waals surface area contributed by atoms with Crippen LogP contribution < -0.4 is 16.6 Å². The molecule has 71 heavy (non-hydrogen) atoms. The van der Waals surface area contributed by atoms with E-state index in [0.29, 0.717) is 19.3 Å². The van der Waals surface area contributed by atoms with Crippen LogP contribution in [0.3, 0.4) is 0 Å². The second-order valence-electron chi connectivity index (χ2n) is 21.5. The molecule has 6 rings (SSSR count). The summed E-state index contributed by atoms with van der Waals surface area (Å²) in [6, 6.07) is -0.941. The number of rotatable bonds is 25. The molecular formula is C51H85N5O15. The molecule has 5 aliphatic heterocycles. The van der Waals surface area contributed by atoms with Gasteiger partial charge in [0, 0.05) is 38.8 Å². The Hall–Kier alpha value is -3.47. The number of H-pyrrole nitrogens is 1. The van der Waals surface area contributed by atoms with E-state index in [1.807, 2.05) is 13.8 Å². The van der Waals surface area contributed by atoms with Crippen LogP contribution in [-0.2, 0) is 52.2 Å². The number of fused-ring (bicyclic) bond motifs is 2. The van der Waals surface area contributed by atoms with E-state index >= 15 is 4.79 Å². The summed E-state index contributed by atoms with van der Waals surface area (Å²) < 4.78 is 59.5. The molecule has 5 saturated heterocycles. The number of carbonyl (C=O) groups excluding carboxylic acids is 3. The summed E-state index contributed by atoms with van der Waals surface area (Å²) in [5.41, 5.74) is -2.11. The normalized spacial score (nSPS) is 30.8. The van der Waals surface area contributed by atoms with E-state index in [2.05, 4.69) is 17.2 Å². The minimum atomic E-state index is -1.30. The number of carbonyl (C=O) groups is 3. The molecule has 20 nitrogen and oxygen atoms in total. The number of amides is 2. The quantitative estimate of drug-likeness (QED) is 0.0821. The fourth-order valence-corrected chi connectivity index (χ4v) is 10.6. The fraction of sp³-hybridized carbons (Fsp3) is 0.863. The first-order valence-electron chi connectivity index (χ1n) is 26.5. The highest BCUT2D eigenvalue weighted by atomic mass is 16.8. The van der Waals surface area contributed by atoms with Crippen molar-refractivity contribution in [3.8, 4) is 0 Å². The minimum absolute atomic E-state index is 0.0110. The monoisotopic (exact) mass is 1010 g/mol. The molecule has 3 N–H and O–H groups in total. The number of alkyl carbamates (subject to hydrolysis) is 1. The van der Waals surface area contributed by atoms with Gasteiger partial charge in [0.15, 0.2) is 24.1 Å². The van der Waals surface area contributed by atoms with Gasteiger partial charge >= 0.3 is 17.8 Å². The number of hydrogen-bond donors (Lipinski definition) is 3. The second-order valence-corrected chi connectivity index (χ2v) is 21.5. The number of aromatic amines is 1. The van der Waals surface area contributed by atoms with Crippen LogP contribution in [0, 0.1) is 0 Å². The molecule has 0 bridgehead atoms. The number of nitrogens with one attached hydrogen (secondary N) is 2. The van der Waals surface area contributed by atoms with Crippen LogP contribution in [0.15, 0.2) is 21.9 Å². The van der Waals surface area contributed by atoms with Crippen molar-refractivity contribution in [3.05, 3.63) is 33.1 Å². The number of nitrogens with zero attached hydrogens (tertiary/aromatic N) is 3. The number of aliphatic hydroxyl groups is 1. The van der Waals surface area contributed by atoms with Gasteiger partial charge in [-0.3, -0.25) is 28.8 Å². The molecule has 5 aliphatic rings. The minimum Gasteiger partial charge on any atom is -0.459 e. The molecule has 0 radical (unpaired) electrons. The zero-order chi connectivity index (χ0) is 51.7. The van der Waals surface area contributed by atoms with Crippen molar-refractivity contribution in [2.24, 2.45) is 0 Å². The van der Waals surface area contributed by atoms with Gasteiger partial charge in [0.05, 0.1) is 12.6 Å². The van der Waals surface area contributed by atoms with Crippen LogP contribution >= 0.6 is 0 Å². The van der Waals surface area contributed by atoms with Crippen molar-refractivity contribution in [3.63, 3.8) is 0 Å². The highest BCUT2D eigenvalue weighted by Gasteiger charge is 2.64. The van der Waals surface area contributed by atoms with E-state index in [1.165, 1.54) is 79.5 Å². The highest BCUT2D eigenvalue weighted by molar-refractivity contribution is 5.83. The Kier molecular flexibility index (Phi) is 20.1. The average molecular weight is 1010 g/mol. The molecule has 0 unspecified atom stereocenters. The number of esters is 1. The van der Waals surface area contributed by atoms with Crippen LogP contribution in [0.4, 0.5) is 4.79 Å². The molecule has 404 valence electrons. The summed E-state index contributed by atoms with van der Waals surface area (Å²) in [4.78, 5) is 72.5. The molecule has 2 amide bonds. The maximum atomic E-state index is 15.2. The molecular weight excluding hydrogens is 923 g/mol. The van der Waals surface area contributed by atoms with Crippen LogP contribution in [0.1, 0.15) is 164 Å². The Balaban J connectivity index is 1.23. The average Bonchev–Trinajstić information content (AvgIpc) is 4.02. The third-order valence-electron chi connectivity index (χ3n) is 14.4. The predicted octanol–water partition coefficient (Wildman–Crippen LogP) is 5.42. The van der Waals surface area contributed by atoms with Crippen molar-refractivity contribution in [2.45, 2.75) is 249 Å². The molecule has 1 aromatic heterocycles. The van der Waals surface area contributed by atoms with E-state index in [0.717, 1.165) is 19.3 Å². The Labute approximate surface area is 419 Å². The molecule has 0 saturated carbocycles. The smallest absolute Gasteiger partial charge is 0.407 e. The molecule has 0 aliphatic carbocycles. The van der Waals surface area contributed by atoms with Crippen molar-refractivity contribution < 1.29 is 62.1 Å². The lowest BCUT2D eigenvalue weighted by Crippen LogP contribution is -2.59. The SMILES string of the molecule is CCCCCCCCCCCCCCCC(=O)O[C@H]1CN(C)[C@@H]([C@H](O[C@@H]2O[C@H](CNC(=O)OC(C)(C)C)[C@H]3OC(CC)(CC)O[C@@H]23)[C@H]2O[C@@H](n3ccc(=O)[nH]c3=O)[C@@H]3OC(C)(C)O[C@H]23)C(=O)N(C)[C@@H]1CO. The molecule has 5 fully saturated rings. The first-order chi connectivity index (χ1) is 33.7. The first-order valence-corrected chi connectivity index (χ1v) is 26.5. The Morgan fingerprint density at radius 3 is 2.04 bits per heavy atom. The summed E-state index contributed by atoms with van der Waals surface area (Å²) in [5, 5.41) is 13.6. The molecule has 12 atom stereocenters. The van der Waals surface area contributed by atoms with Gasteiger partial charge in [0.25, 0.3) is 5.56 Å². The molecule has 20 heteroatoms. The maximum absolute atomic E-state index is 15.2. The fourth-order valence-electron chi connectivity index (χ4n) is 10.6. The van der Waals surface area contributed by atoms with E-state index in [-0.39, 0.29) is 19.5 Å². The number of hydrogen-bond acceptors (Lipinski definition) is 16. The number of ether oxygens (including phenoxy) is 9. The Morgan fingerprint density at radius 1 is 0.845 bits per heavy atom. The van der Waals surface area contributed by atoms with Crippen LogP contribution in [0.5, 0.6) is 0 Å². The second kappa shape index (κ2) is 25.2. The van der Waals surface area contributed by atoms with E-state index < -0.39 is 126 Å². The molecule has 1 aromatic rings. The van der Waals surface area contributed by atoms with E-state index in [9.17, 15) is 24.3 Å². The number of likely N-dealkylation sites (N-methyl/N-ethyl adjacent to an activating group) is 2. The van der Waals surface area contributed by atoms with Gasteiger partial charge in [-0.2, -0.15) is 0 Å². The largest absolute Gasteiger partial charge is 0.459 e. The third-order valence-corrected chi connectivity index (χ3v) is 14.4. The lowest BCUT2D eigenvalue weighted by molar-refractivity contribution is -0.277. The topological polar surface area (TPSA) is 228 Å². The van der Waals surface area contributed by atoms with Crippen LogP contribution in [-0.4, -0.2) is 161 Å². The van der Waals surface area contributed by atoms with Crippen molar-refractivity contribution >= 4 is 18.0 Å². The standard InChI is InChI=1S/C51H85N5O15/c1-11-14-15-16-17-18-19-20-21-22-23-24-25-26-36(59)63-34-30-54(9)37(44(60)55(10)32(34)31-57)39(40-41-42(68-50(7,8)67-41)45(65-40)56-28-27-35(58)53-47(56)61)66-46-43-38(69-51(12-2,13-3)70-43)33(64-46)29-52-48(62)71-49(4,5)6/h27-28,32-34,37-43,45-46,57H,11-26,29-31H2,1-10H3,(H,52,62)(H,53,58,61)/t32-,33-,34+,37+,38-,39+,40-,41-,42-,43-,45-,46+/m1/s1. The zero-order valence-corrected chi connectivity index (χ0v) is 44.0. The number of aliphatic hydroxyl groups excluding tert-OH is 1. The van der Waals surface area contributed by atoms with Gasteiger partial charge in [0.2, 0.25) is 5.91 Å². The van der Waals surface area contributed by atoms with Gasteiger partial charge in [-0.15, -0.1) is 0 Å². The summed E-state index contributed by atoms with van der Waals surface area (Å²) in [6.45, 7) is 14.3. The lowest BCUT2D eigenvalue weighted by atomic mass is 9.97. The van der Waals surface area contributed by atoms with Crippen molar-refractivity contribution in [2.75, 3.05) is 33.8 Å². The highest BCUT2D eigenvalue weighted by Crippen LogP contribution is 2.47. The zero-order valence-electron chi connectivity index (χ0n) is 44.0.